The Kier molecular flexibility index (Phi) is 5.55. The molecular weight excluding hydrogens is 428 g/mol. The minimum absolute atomic E-state index is 0.0599. The normalized spacial score (nSPS) is 21.7. The summed E-state index contributed by atoms with van der Waals surface area (Å²) in [7, 11) is 0. The number of carbonyl (C=O) groups excluding carboxylic acids is 1. The highest BCUT2D eigenvalue weighted by molar-refractivity contribution is 6.30. The topological polar surface area (TPSA) is 100 Å². The summed E-state index contributed by atoms with van der Waals surface area (Å²) in [5.74, 6) is 0.996. The average Bonchev–Trinajstić information content (AvgIpc) is 3.19. The first kappa shape index (κ1) is 20.5. The summed E-state index contributed by atoms with van der Waals surface area (Å²) in [5, 5.41) is 16.2. The third-order valence-corrected chi connectivity index (χ3v) is 6.31. The number of anilines is 1. The van der Waals surface area contributed by atoms with Crippen LogP contribution in [-0.4, -0.2) is 45.1 Å². The van der Waals surface area contributed by atoms with Crippen molar-refractivity contribution in [1.29, 1.82) is 5.26 Å². The zero-order chi connectivity index (χ0) is 22.1. The molecule has 0 atom stereocenters. The summed E-state index contributed by atoms with van der Waals surface area (Å²) in [4.78, 5) is 23.6. The van der Waals surface area contributed by atoms with Crippen LogP contribution in [0.3, 0.4) is 0 Å². The summed E-state index contributed by atoms with van der Waals surface area (Å²) in [6, 6.07) is 7.39. The number of hydrogen-bond donors (Lipinski definition) is 2. The Morgan fingerprint density at radius 1 is 1.25 bits per heavy atom. The Hall–Kier alpha value is -3.35. The van der Waals surface area contributed by atoms with E-state index in [4.69, 9.17) is 11.6 Å². The van der Waals surface area contributed by atoms with Gasteiger partial charge in [-0.1, -0.05) is 11.6 Å². The van der Waals surface area contributed by atoms with Gasteiger partial charge in [0.1, 0.15) is 0 Å². The maximum absolute atomic E-state index is 12.6. The van der Waals surface area contributed by atoms with Crippen LogP contribution in [-0.2, 0) is 6.54 Å². The molecule has 0 spiro atoms. The van der Waals surface area contributed by atoms with Crippen molar-refractivity contribution in [3.8, 4) is 6.07 Å². The van der Waals surface area contributed by atoms with Gasteiger partial charge in [0.2, 0.25) is 5.95 Å². The standard InChI is InChI=1S/C22H23ClN8O/c23-18-3-2-16(11-24)20(10-18)17-8-19(9-17)27-22(32)31-7-6-30(28-31)14-15-12-25-21(26-13-15)29-4-1-5-29/h2-3,6-7,10,12-13,17,19,28H,1,4-5,8-9,14H2,(H,27,32)/t17-,19+. The molecule has 164 valence electrons. The van der Waals surface area contributed by atoms with Crippen LogP contribution in [0, 0.1) is 11.3 Å². The van der Waals surface area contributed by atoms with Crippen LogP contribution in [0.25, 0.3) is 0 Å². The molecule has 5 rings (SSSR count). The maximum atomic E-state index is 12.6. The Morgan fingerprint density at radius 3 is 2.72 bits per heavy atom. The number of amides is 2. The molecule has 1 aliphatic carbocycles. The van der Waals surface area contributed by atoms with Gasteiger partial charge in [-0.3, -0.25) is 5.01 Å². The highest BCUT2D eigenvalue weighted by Crippen LogP contribution is 2.39. The molecular formula is C22H23ClN8O. The molecule has 32 heavy (non-hydrogen) atoms. The second-order valence-corrected chi connectivity index (χ2v) is 8.72. The number of benzene rings is 1. The number of hydrazine groups is 2. The van der Waals surface area contributed by atoms with Crippen LogP contribution >= 0.6 is 11.6 Å². The molecule has 0 unspecified atom stereocenters. The molecule has 1 aromatic heterocycles. The van der Waals surface area contributed by atoms with E-state index in [1.807, 2.05) is 18.5 Å². The van der Waals surface area contributed by atoms with Gasteiger partial charge in [-0.15, -0.1) is 5.53 Å². The van der Waals surface area contributed by atoms with Gasteiger partial charge in [0, 0.05) is 54.5 Å². The fraction of sp³-hybridized carbons (Fsp3) is 0.364. The van der Waals surface area contributed by atoms with Gasteiger partial charge in [-0.05, 0) is 48.9 Å². The molecule has 0 radical (unpaired) electrons. The quantitative estimate of drug-likeness (QED) is 0.722. The van der Waals surface area contributed by atoms with Crippen molar-refractivity contribution in [3.05, 3.63) is 64.7 Å². The van der Waals surface area contributed by atoms with Crippen molar-refractivity contribution in [3.63, 3.8) is 0 Å². The first-order valence-electron chi connectivity index (χ1n) is 10.7. The van der Waals surface area contributed by atoms with Crippen LogP contribution in [0.15, 0.2) is 43.0 Å². The smallest absolute Gasteiger partial charge is 0.337 e. The van der Waals surface area contributed by atoms with Crippen molar-refractivity contribution in [2.24, 2.45) is 0 Å². The molecule has 3 aliphatic rings. The minimum atomic E-state index is -0.219. The van der Waals surface area contributed by atoms with Crippen LogP contribution in [0.2, 0.25) is 5.02 Å². The lowest BCUT2D eigenvalue weighted by Gasteiger charge is -2.37. The zero-order valence-electron chi connectivity index (χ0n) is 17.4. The molecule has 1 saturated carbocycles. The summed E-state index contributed by atoms with van der Waals surface area (Å²) in [6.07, 6.45) is 9.88. The fourth-order valence-electron chi connectivity index (χ4n) is 4.07. The number of nitrogens with one attached hydrogen (secondary N) is 2. The van der Waals surface area contributed by atoms with E-state index < -0.39 is 0 Å². The number of urea groups is 1. The molecule has 10 heteroatoms. The Balaban J connectivity index is 1.09. The highest BCUT2D eigenvalue weighted by atomic mass is 35.5. The van der Waals surface area contributed by atoms with Crippen molar-refractivity contribution in [1.82, 2.24) is 30.8 Å². The van der Waals surface area contributed by atoms with E-state index in [1.165, 1.54) is 11.4 Å². The molecule has 2 fully saturated rings. The molecule has 9 nitrogen and oxygen atoms in total. The molecule has 1 aromatic carbocycles. The molecule has 2 aromatic rings. The van der Waals surface area contributed by atoms with Crippen molar-refractivity contribution in [2.45, 2.75) is 37.8 Å². The van der Waals surface area contributed by atoms with Gasteiger partial charge in [-0.25, -0.2) is 19.8 Å². The van der Waals surface area contributed by atoms with Gasteiger partial charge < -0.3 is 10.2 Å². The largest absolute Gasteiger partial charge is 0.341 e. The summed E-state index contributed by atoms with van der Waals surface area (Å²) >= 11 is 6.09. The molecule has 2 amide bonds. The van der Waals surface area contributed by atoms with E-state index >= 15 is 0 Å². The minimum Gasteiger partial charge on any atom is -0.341 e. The van der Waals surface area contributed by atoms with E-state index in [1.54, 1.807) is 29.5 Å². The van der Waals surface area contributed by atoms with E-state index in [0.29, 0.717) is 17.1 Å². The van der Waals surface area contributed by atoms with Crippen molar-refractivity contribution in [2.75, 3.05) is 18.0 Å². The highest BCUT2D eigenvalue weighted by Gasteiger charge is 2.34. The third-order valence-electron chi connectivity index (χ3n) is 6.07. The lowest BCUT2D eigenvalue weighted by atomic mass is 9.74. The zero-order valence-corrected chi connectivity index (χ0v) is 18.2. The van der Waals surface area contributed by atoms with Gasteiger partial charge in [-0.2, -0.15) is 5.26 Å². The Morgan fingerprint density at radius 2 is 2.03 bits per heavy atom. The predicted octanol–water partition coefficient (Wildman–Crippen LogP) is 2.88. The number of halogens is 1. The van der Waals surface area contributed by atoms with Crippen LogP contribution in [0.4, 0.5) is 10.7 Å². The average molecular weight is 451 g/mol. The van der Waals surface area contributed by atoms with Gasteiger partial charge in [0.05, 0.1) is 18.2 Å². The monoisotopic (exact) mass is 450 g/mol. The summed E-state index contributed by atoms with van der Waals surface area (Å²) in [5.41, 5.74) is 5.59. The summed E-state index contributed by atoms with van der Waals surface area (Å²) < 4.78 is 0. The van der Waals surface area contributed by atoms with Crippen LogP contribution < -0.4 is 15.8 Å². The van der Waals surface area contributed by atoms with Crippen LogP contribution in [0.1, 0.15) is 41.9 Å². The predicted molar refractivity (Wildman–Crippen MR) is 119 cm³/mol. The molecule has 1 saturated heterocycles. The van der Waals surface area contributed by atoms with Gasteiger partial charge in [0.15, 0.2) is 0 Å². The second kappa shape index (κ2) is 8.65. The molecule has 0 bridgehead atoms. The summed E-state index contributed by atoms with van der Waals surface area (Å²) in [6.45, 7) is 2.57. The second-order valence-electron chi connectivity index (χ2n) is 8.29. The van der Waals surface area contributed by atoms with Crippen molar-refractivity contribution >= 4 is 23.6 Å². The lowest BCUT2D eigenvalue weighted by Crippen LogP contribution is -2.52. The number of nitriles is 1. The Bertz CT molecular complexity index is 1070. The number of hydrogen-bond acceptors (Lipinski definition) is 7. The lowest BCUT2D eigenvalue weighted by molar-refractivity contribution is 0.131. The van der Waals surface area contributed by atoms with Crippen LogP contribution in [0.5, 0.6) is 0 Å². The van der Waals surface area contributed by atoms with E-state index in [9.17, 15) is 10.1 Å². The number of nitrogens with zero attached hydrogens (tertiary/aromatic N) is 6. The first-order valence-corrected chi connectivity index (χ1v) is 11.0. The van der Waals surface area contributed by atoms with Gasteiger partial charge in [0.25, 0.3) is 0 Å². The van der Waals surface area contributed by atoms with Gasteiger partial charge >= 0.3 is 6.03 Å². The van der Waals surface area contributed by atoms with E-state index in [-0.39, 0.29) is 18.0 Å². The fourth-order valence-corrected chi connectivity index (χ4v) is 4.25. The number of carbonyl (C=O) groups is 1. The van der Waals surface area contributed by atoms with Crippen molar-refractivity contribution < 1.29 is 4.79 Å². The maximum Gasteiger partial charge on any atom is 0.337 e. The molecule has 3 heterocycles. The molecule has 2 N–H and O–H groups in total. The first-order chi connectivity index (χ1) is 15.6. The number of aromatic nitrogens is 2. The van der Waals surface area contributed by atoms with E-state index in [0.717, 1.165) is 43.0 Å². The third kappa shape index (κ3) is 4.20. The molecule has 2 aliphatic heterocycles. The number of rotatable bonds is 5. The Labute approximate surface area is 191 Å². The SMILES string of the molecule is N#Cc1ccc(Cl)cc1[C@H]1C[C@@H](NC(=O)N2C=CN(Cc3cnc(N4CCC4)nc3)N2)C1. The van der Waals surface area contributed by atoms with E-state index in [2.05, 4.69) is 31.8 Å².